The Morgan fingerprint density at radius 3 is 2.36 bits per heavy atom. The SMILES string of the molecule is CS(=O)(=O)c1ccc(Br)c(Cl)c1O.[Na]. The third kappa shape index (κ3) is 3.12. The Morgan fingerprint density at radius 1 is 1.43 bits per heavy atom. The van der Waals surface area contributed by atoms with Crippen molar-refractivity contribution in [3.8, 4) is 5.75 Å². The molecule has 0 bridgehead atoms. The number of sulfone groups is 1. The molecule has 1 N–H and O–H groups in total. The van der Waals surface area contributed by atoms with Crippen LogP contribution >= 0.6 is 27.5 Å². The Morgan fingerprint density at radius 2 is 1.93 bits per heavy atom. The van der Waals surface area contributed by atoms with Crippen LogP contribution in [0.15, 0.2) is 21.5 Å². The van der Waals surface area contributed by atoms with Gasteiger partial charge in [0.2, 0.25) is 0 Å². The van der Waals surface area contributed by atoms with Gasteiger partial charge in [-0.05, 0) is 28.1 Å². The molecule has 1 rings (SSSR count). The summed E-state index contributed by atoms with van der Waals surface area (Å²) in [4.78, 5) is -0.166. The molecule has 0 spiro atoms. The minimum Gasteiger partial charge on any atom is -0.505 e. The first kappa shape index (κ1) is 14.7. The maximum atomic E-state index is 11.1. The van der Waals surface area contributed by atoms with Crippen LogP contribution in [0.1, 0.15) is 0 Å². The van der Waals surface area contributed by atoms with E-state index in [1.54, 1.807) is 0 Å². The molecule has 1 aromatic carbocycles. The van der Waals surface area contributed by atoms with Gasteiger partial charge < -0.3 is 5.11 Å². The van der Waals surface area contributed by atoms with Crippen molar-refractivity contribution in [2.24, 2.45) is 0 Å². The molecule has 1 aromatic rings. The Kier molecular flexibility index (Phi) is 5.46. The van der Waals surface area contributed by atoms with Crippen molar-refractivity contribution in [3.63, 3.8) is 0 Å². The van der Waals surface area contributed by atoms with Gasteiger partial charge in [-0.1, -0.05) is 11.6 Å². The van der Waals surface area contributed by atoms with E-state index in [1.807, 2.05) is 0 Å². The molecule has 0 unspecified atom stereocenters. The van der Waals surface area contributed by atoms with E-state index in [1.165, 1.54) is 12.1 Å². The van der Waals surface area contributed by atoms with E-state index >= 15 is 0 Å². The molecule has 0 saturated carbocycles. The first-order chi connectivity index (χ1) is 5.84. The zero-order valence-electron chi connectivity index (χ0n) is 7.58. The molecular formula is C7H6BrClNaO3S. The number of benzene rings is 1. The number of phenols is 1. The zero-order chi connectivity index (χ0) is 10.2. The van der Waals surface area contributed by atoms with Gasteiger partial charge in [0.1, 0.15) is 4.90 Å². The van der Waals surface area contributed by atoms with E-state index < -0.39 is 15.6 Å². The van der Waals surface area contributed by atoms with Crippen LogP contribution in [-0.4, -0.2) is 49.3 Å². The largest absolute Gasteiger partial charge is 0.505 e. The molecule has 0 aliphatic carbocycles. The summed E-state index contributed by atoms with van der Waals surface area (Å²) in [6.45, 7) is 0. The van der Waals surface area contributed by atoms with Crippen LogP contribution in [0, 0.1) is 0 Å². The van der Waals surface area contributed by atoms with Crippen LogP contribution in [0.25, 0.3) is 0 Å². The van der Waals surface area contributed by atoms with E-state index in [-0.39, 0.29) is 39.5 Å². The standard InChI is InChI=1S/C7H6BrClO3S.Na/c1-13(11,12)5-3-2-4(8)6(9)7(5)10;/h2-3,10H,1H3;. The minimum atomic E-state index is -3.43. The van der Waals surface area contributed by atoms with Gasteiger partial charge in [0, 0.05) is 40.3 Å². The van der Waals surface area contributed by atoms with Crippen molar-refractivity contribution < 1.29 is 13.5 Å². The smallest absolute Gasteiger partial charge is 0.179 e. The molecule has 0 amide bonds. The predicted octanol–water partition coefficient (Wildman–Crippen LogP) is 1.83. The van der Waals surface area contributed by atoms with E-state index in [4.69, 9.17) is 11.6 Å². The van der Waals surface area contributed by atoms with Gasteiger partial charge in [-0.3, -0.25) is 0 Å². The number of hydrogen-bond acceptors (Lipinski definition) is 3. The molecule has 0 aliphatic rings. The first-order valence-electron chi connectivity index (χ1n) is 3.21. The van der Waals surface area contributed by atoms with Crippen LogP contribution in [-0.2, 0) is 9.84 Å². The van der Waals surface area contributed by atoms with Crippen molar-refractivity contribution in [2.75, 3.05) is 6.26 Å². The topological polar surface area (TPSA) is 54.4 Å². The first-order valence-corrected chi connectivity index (χ1v) is 6.27. The molecule has 0 atom stereocenters. The van der Waals surface area contributed by atoms with Crippen LogP contribution in [0.5, 0.6) is 5.75 Å². The monoisotopic (exact) mass is 307 g/mol. The molecule has 0 aromatic heterocycles. The van der Waals surface area contributed by atoms with Gasteiger partial charge in [0.05, 0.1) is 5.02 Å². The summed E-state index contributed by atoms with van der Waals surface area (Å²) in [5.74, 6) is -0.418. The van der Waals surface area contributed by atoms with Crippen molar-refractivity contribution in [1.82, 2.24) is 0 Å². The van der Waals surface area contributed by atoms with E-state index in [2.05, 4.69) is 15.9 Å². The summed E-state index contributed by atoms with van der Waals surface area (Å²) in [6.07, 6.45) is 1.01. The molecule has 14 heavy (non-hydrogen) atoms. The Hall–Kier alpha value is 0.740. The van der Waals surface area contributed by atoms with Crippen LogP contribution in [0.3, 0.4) is 0 Å². The number of phenolic OH excluding ortho intramolecular Hbond substituents is 1. The van der Waals surface area contributed by atoms with Crippen molar-refractivity contribution in [2.45, 2.75) is 4.90 Å². The predicted molar refractivity (Wildman–Crippen MR) is 59.7 cm³/mol. The summed E-state index contributed by atoms with van der Waals surface area (Å²) in [5.41, 5.74) is 0. The maximum absolute atomic E-state index is 11.1. The maximum Gasteiger partial charge on any atom is 0.179 e. The fourth-order valence-electron chi connectivity index (χ4n) is 0.821. The van der Waals surface area contributed by atoms with Crippen molar-refractivity contribution in [1.29, 1.82) is 0 Å². The third-order valence-electron chi connectivity index (χ3n) is 1.43. The van der Waals surface area contributed by atoms with Crippen LogP contribution in [0.4, 0.5) is 0 Å². The molecule has 0 saturated heterocycles. The summed E-state index contributed by atoms with van der Waals surface area (Å²) < 4.78 is 22.6. The van der Waals surface area contributed by atoms with E-state index in [0.29, 0.717) is 4.47 Å². The zero-order valence-corrected chi connectivity index (χ0v) is 12.7. The molecular weight excluding hydrogens is 302 g/mol. The summed E-state index contributed by atoms with van der Waals surface area (Å²) in [6, 6.07) is 2.76. The number of hydrogen-bond donors (Lipinski definition) is 1. The second kappa shape index (κ2) is 5.18. The van der Waals surface area contributed by atoms with Gasteiger partial charge in [-0.25, -0.2) is 8.42 Å². The Balaban J connectivity index is 0.00000169. The van der Waals surface area contributed by atoms with Gasteiger partial charge in [0.25, 0.3) is 0 Å². The molecule has 1 radical (unpaired) electrons. The third-order valence-corrected chi connectivity index (χ3v) is 3.83. The summed E-state index contributed by atoms with van der Waals surface area (Å²) in [5, 5.41) is 9.38. The molecule has 73 valence electrons. The average Bonchev–Trinajstić information content (AvgIpc) is 1.98. The number of halogens is 2. The fourth-order valence-corrected chi connectivity index (χ4v) is 2.13. The van der Waals surface area contributed by atoms with E-state index in [0.717, 1.165) is 6.26 Å². The van der Waals surface area contributed by atoms with Gasteiger partial charge in [-0.2, -0.15) is 0 Å². The van der Waals surface area contributed by atoms with Crippen molar-refractivity contribution in [3.05, 3.63) is 21.6 Å². The molecule has 3 nitrogen and oxygen atoms in total. The molecule has 0 fully saturated rings. The normalized spacial score (nSPS) is 10.8. The van der Waals surface area contributed by atoms with Crippen molar-refractivity contribution >= 4 is 66.9 Å². The van der Waals surface area contributed by atoms with Crippen LogP contribution in [0.2, 0.25) is 5.02 Å². The molecule has 0 heterocycles. The van der Waals surface area contributed by atoms with Gasteiger partial charge >= 0.3 is 0 Å². The molecule has 7 heteroatoms. The van der Waals surface area contributed by atoms with Crippen LogP contribution < -0.4 is 0 Å². The quantitative estimate of drug-likeness (QED) is 0.805. The van der Waals surface area contributed by atoms with E-state index in [9.17, 15) is 13.5 Å². The molecule has 0 aliphatic heterocycles. The number of aromatic hydroxyl groups is 1. The Labute approximate surface area is 118 Å². The summed E-state index contributed by atoms with van der Waals surface area (Å²) in [7, 11) is -3.43. The minimum absolute atomic E-state index is 0. The Bertz CT molecular complexity index is 446. The second-order valence-corrected chi connectivity index (χ2v) is 5.70. The number of rotatable bonds is 1. The fraction of sp³-hybridized carbons (Fsp3) is 0.143. The van der Waals surface area contributed by atoms with Gasteiger partial charge in [-0.15, -0.1) is 0 Å². The van der Waals surface area contributed by atoms with Gasteiger partial charge in [0.15, 0.2) is 15.6 Å². The average molecular weight is 309 g/mol. The second-order valence-electron chi connectivity index (χ2n) is 2.48. The summed E-state index contributed by atoms with van der Waals surface area (Å²) >= 11 is 8.69.